The second-order valence-corrected chi connectivity index (χ2v) is 10.5. The number of rotatable bonds is 10. The first-order valence-electron chi connectivity index (χ1n) is 12.1. The molecular weight excluding hydrogens is 468 g/mol. The maximum atomic E-state index is 13.3. The Morgan fingerprint density at radius 1 is 1.03 bits per heavy atom. The van der Waals surface area contributed by atoms with Crippen LogP contribution in [0, 0.1) is 5.92 Å². The Morgan fingerprint density at radius 3 is 2.29 bits per heavy atom. The molecule has 0 bridgehead atoms. The van der Waals surface area contributed by atoms with Crippen molar-refractivity contribution in [2.45, 2.75) is 51.5 Å². The van der Waals surface area contributed by atoms with E-state index < -0.39 is 16.1 Å². The molecule has 0 saturated carbocycles. The largest absolute Gasteiger partial charge is 0.496 e. The van der Waals surface area contributed by atoms with Gasteiger partial charge >= 0.3 is 0 Å². The van der Waals surface area contributed by atoms with Gasteiger partial charge in [-0.2, -0.15) is 0 Å². The molecule has 1 unspecified atom stereocenters. The molecule has 1 aliphatic heterocycles. The van der Waals surface area contributed by atoms with Gasteiger partial charge in [-0.1, -0.05) is 13.0 Å². The number of benzene rings is 2. The molecule has 2 aromatic rings. The summed E-state index contributed by atoms with van der Waals surface area (Å²) in [6.45, 7) is 9.95. The molecule has 9 heteroatoms. The van der Waals surface area contributed by atoms with Crippen molar-refractivity contribution in [1.82, 2.24) is 9.62 Å². The van der Waals surface area contributed by atoms with Crippen molar-refractivity contribution in [2.75, 3.05) is 33.4 Å². The molecule has 8 nitrogen and oxygen atoms in total. The predicted molar refractivity (Wildman–Crippen MR) is 135 cm³/mol. The van der Waals surface area contributed by atoms with E-state index in [0.717, 1.165) is 18.4 Å². The highest BCUT2D eigenvalue weighted by Crippen LogP contribution is 2.32. The van der Waals surface area contributed by atoms with Crippen molar-refractivity contribution >= 4 is 15.9 Å². The Balaban J connectivity index is 1.84. The van der Waals surface area contributed by atoms with Gasteiger partial charge in [0.25, 0.3) is 5.91 Å². The number of likely N-dealkylation sites (tertiary alicyclic amines) is 1. The lowest BCUT2D eigenvalue weighted by Crippen LogP contribution is -2.38. The smallest absolute Gasteiger partial charge is 0.257 e. The van der Waals surface area contributed by atoms with Crippen LogP contribution >= 0.6 is 0 Å². The number of hydrogen-bond acceptors (Lipinski definition) is 6. The molecule has 1 fully saturated rings. The molecule has 1 atom stereocenters. The van der Waals surface area contributed by atoms with E-state index in [2.05, 4.69) is 11.6 Å². The molecule has 0 radical (unpaired) electrons. The normalized spacial score (nSPS) is 15.5. The van der Waals surface area contributed by atoms with Crippen molar-refractivity contribution in [2.24, 2.45) is 5.92 Å². The number of amides is 1. The van der Waals surface area contributed by atoms with Gasteiger partial charge in [0.2, 0.25) is 10.0 Å². The Morgan fingerprint density at radius 2 is 1.66 bits per heavy atom. The molecule has 3 rings (SSSR count). The lowest BCUT2D eigenvalue weighted by atomic mass is 9.98. The molecule has 35 heavy (non-hydrogen) atoms. The Labute approximate surface area is 208 Å². The van der Waals surface area contributed by atoms with E-state index in [4.69, 9.17) is 14.2 Å². The maximum absolute atomic E-state index is 13.3. The fourth-order valence-electron chi connectivity index (χ4n) is 4.11. The average Bonchev–Trinajstić information content (AvgIpc) is 2.84. The molecular formula is C26H36N2O6S. The van der Waals surface area contributed by atoms with Crippen LogP contribution in [-0.4, -0.2) is 52.6 Å². The van der Waals surface area contributed by atoms with Gasteiger partial charge in [-0.15, -0.1) is 0 Å². The molecule has 1 saturated heterocycles. The minimum Gasteiger partial charge on any atom is -0.496 e. The van der Waals surface area contributed by atoms with Crippen LogP contribution in [0.4, 0.5) is 0 Å². The standard InChI is InChI=1S/C26H36N2O6S/c1-6-33-24-10-8-20(16-25(24)34-7-2)19(4)27-35(30,31)21-9-11-23(32-5)22(17-21)26(29)28-14-12-18(3)13-15-28/h8-11,16-19,27H,6-7,12-15H2,1-5H3. The van der Waals surface area contributed by atoms with E-state index in [1.807, 2.05) is 13.8 Å². The van der Waals surface area contributed by atoms with Gasteiger partial charge in [0, 0.05) is 19.1 Å². The summed E-state index contributed by atoms with van der Waals surface area (Å²) in [6, 6.07) is 9.20. The minimum absolute atomic E-state index is 0.00912. The number of ether oxygens (including phenoxy) is 3. The maximum Gasteiger partial charge on any atom is 0.257 e. The number of methoxy groups -OCH3 is 1. The van der Waals surface area contributed by atoms with Crippen molar-refractivity contribution in [3.63, 3.8) is 0 Å². The fraction of sp³-hybridized carbons (Fsp3) is 0.500. The van der Waals surface area contributed by atoms with E-state index in [0.29, 0.717) is 49.5 Å². The van der Waals surface area contributed by atoms with Crippen molar-refractivity contribution in [3.05, 3.63) is 47.5 Å². The third-order valence-electron chi connectivity index (χ3n) is 6.18. The van der Waals surface area contributed by atoms with E-state index in [1.54, 1.807) is 30.0 Å². The Kier molecular flexibility index (Phi) is 9.02. The van der Waals surface area contributed by atoms with E-state index in [9.17, 15) is 13.2 Å². The zero-order valence-electron chi connectivity index (χ0n) is 21.2. The summed E-state index contributed by atoms with van der Waals surface area (Å²) in [5.74, 6) is 1.88. The average molecular weight is 505 g/mol. The molecule has 0 spiro atoms. The van der Waals surface area contributed by atoms with Gasteiger partial charge in [-0.25, -0.2) is 13.1 Å². The molecule has 1 N–H and O–H groups in total. The lowest BCUT2D eigenvalue weighted by molar-refractivity contribution is 0.0693. The van der Waals surface area contributed by atoms with Crippen LogP contribution in [0.3, 0.4) is 0 Å². The van der Waals surface area contributed by atoms with E-state index >= 15 is 0 Å². The number of hydrogen-bond donors (Lipinski definition) is 1. The van der Waals surface area contributed by atoms with Crippen LogP contribution in [0.15, 0.2) is 41.3 Å². The minimum atomic E-state index is -3.92. The third kappa shape index (κ3) is 6.46. The molecule has 1 amide bonds. The molecule has 192 valence electrons. The fourth-order valence-corrected chi connectivity index (χ4v) is 5.37. The third-order valence-corrected chi connectivity index (χ3v) is 7.72. The first-order chi connectivity index (χ1) is 16.7. The monoisotopic (exact) mass is 504 g/mol. The number of carbonyl (C=O) groups is 1. The first-order valence-corrected chi connectivity index (χ1v) is 13.6. The Hall–Kier alpha value is -2.78. The summed E-state index contributed by atoms with van der Waals surface area (Å²) in [4.78, 5) is 15.0. The summed E-state index contributed by atoms with van der Waals surface area (Å²) >= 11 is 0. The topological polar surface area (TPSA) is 94.2 Å². The molecule has 0 aromatic heterocycles. The summed E-state index contributed by atoms with van der Waals surface area (Å²) < 4.78 is 45.9. The van der Waals surface area contributed by atoms with Crippen LogP contribution < -0.4 is 18.9 Å². The first kappa shape index (κ1) is 26.8. The van der Waals surface area contributed by atoms with Crippen molar-refractivity contribution in [1.29, 1.82) is 0 Å². The van der Waals surface area contributed by atoms with Crippen LogP contribution in [-0.2, 0) is 10.0 Å². The second-order valence-electron chi connectivity index (χ2n) is 8.75. The van der Waals surface area contributed by atoms with Gasteiger partial charge in [0.15, 0.2) is 11.5 Å². The van der Waals surface area contributed by atoms with Gasteiger partial charge in [-0.3, -0.25) is 4.79 Å². The number of piperidine rings is 1. The number of nitrogens with one attached hydrogen (secondary N) is 1. The zero-order chi connectivity index (χ0) is 25.6. The van der Waals surface area contributed by atoms with Crippen molar-refractivity contribution in [3.8, 4) is 17.2 Å². The van der Waals surface area contributed by atoms with Crippen LogP contribution in [0.25, 0.3) is 0 Å². The highest BCUT2D eigenvalue weighted by molar-refractivity contribution is 7.89. The lowest BCUT2D eigenvalue weighted by Gasteiger charge is -2.30. The predicted octanol–water partition coefficient (Wildman–Crippen LogP) is 4.40. The molecule has 2 aromatic carbocycles. The second kappa shape index (κ2) is 11.8. The molecule has 1 aliphatic rings. The van der Waals surface area contributed by atoms with Crippen LogP contribution in [0.2, 0.25) is 0 Å². The van der Waals surface area contributed by atoms with Crippen LogP contribution in [0.5, 0.6) is 17.2 Å². The summed E-state index contributed by atoms with van der Waals surface area (Å²) in [5, 5.41) is 0. The number of carbonyl (C=O) groups excluding carboxylic acids is 1. The molecule has 1 heterocycles. The van der Waals surface area contributed by atoms with E-state index in [-0.39, 0.29) is 16.4 Å². The van der Waals surface area contributed by atoms with Crippen molar-refractivity contribution < 1.29 is 27.4 Å². The van der Waals surface area contributed by atoms with Gasteiger partial charge in [0.1, 0.15) is 5.75 Å². The SMILES string of the molecule is CCOc1ccc(C(C)NS(=O)(=O)c2ccc(OC)c(C(=O)N3CCC(C)CC3)c2)cc1OCC. The number of nitrogens with zero attached hydrogens (tertiary/aromatic N) is 1. The quantitative estimate of drug-likeness (QED) is 0.515. The summed E-state index contributed by atoms with van der Waals surface area (Å²) in [5.41, 5.74) is 0.977. The molecule has 0 aliphatic carbocycles. The van der Waals surface area contributed by atoms with Gasteiger partial charge in [-0.05, 0) is 75.4 Å². The summed E-state index contributed by atoms with van der Waals surface area (Å²) in [7, 11) is -2.45. The highest BCUT2D eigenvalue weighted by atomic mass is 32.2. The zero-order valence-corrected chi connectivity index (χ0v) is 22.0. The summed E-state index contributed by atoms with van der Waals surface area (Å²) in [6.07, 6.45) is 1.86. The Bertz CT molecular complexity index is 1130. The van der Waals surface area contributed by atoms with Gasteiger partial charge in [0.05, 0.1) is 30.8 Å². The number of sulfonamides is 1. The van der Waals surface area contributed by atoms with Crippen LogP contribution in [0.1, 0.15) is 62.5 Å². The van der Waals surface area contributed by atoms with E-state index in [1.165, 1.54) is 25.3 Å². The highest BCUT2D eigenvalue weighted by Gasteiger charge is 2.27. The van der Waals surface area contributed by atoms with Gasteiger partial charge < -0.3 is 19.1 Å².